The summed E-state index contributed by atoms with van der Waals surface area (Å²) >= 11 is 0. The van der Waals surface area contributed by atoms with E-state index in [0.29, 0.717) is 0 Å². The van der Waals surface area contributed by atoms with E-state index in [1.807, 2.05) is 0 Å². The number of hydrogen-bond donors (Lipinski definition) is 2. The van der Waals surface area contributed by atoms with Crippen LogP contribution in [0.3, 0.4) is 0 Å². The van der Waals surface area contributed by atoms with Crippen LogP contribution in [0.15, 0.2) is 0 Å². The largest absolute Gasteiger partial charge is 0.480 e. The predicted octanol–water partition coefficient (Wildman–Crippen LogP) is 1.35. The zero-order valence-corrected chi connectivity index (χ0v) is 11.8. The minimum absolute atomic E-state index is 0.0208. The standard InChI is InChI=1S/C11H23NO3S/c1-11(2,3)16(4,5,6)12-8(10(14)15)7-9(12)13/h8,16H,7H2,1-6H3,(H,14,15). The van der Waals surface area contributed by atoms with Crippen molar-refractivity contribution in [3.05, 3.63) is 0 Å². The number of carboxylic acid groups (broad SMARTS) is 1. The molecule has 1 unspecified atom stereocenters. The highest BCUT2D eigenvalue weighted by molar-refractivity contribution is 8.47. The van der Waals surface area contributed by atoms with E-state index in [9.17, 15) is 9.59 Å². The molecule has 1 aliphatic heterocycles. The zero-order chi connectivity index (χ0) is 13.0. The van der Waals surface area contributed by atoms with Gasteiger partial charge < -0.3 is 9.41 Å². The van der Waals surface area contributed by atoms with Gasteiger partial charge >= 0.3 is 5.97 Å². The van der Waals surface area contributed by atoms with Crippen LogP contribution in [0.1, 0.15) is 27.2 Å². The van der Waals surface area contributed by atoms with Crippen LogP contribution in [0.2, 0.25) is 0 Å². The molecule has 5 heteroatoms. The number of nitrogens with zero attached hydrogens (tertiary/aromatic N) is 1. The molecule has 4 nitrogen and oxygen atoms in total. The molecule has 0 bridgehead atoms. The molecule has 0 spiro atoms. The van der Waals surface area contributed by atoms with E-state index in [2.05, 4.69) is 39.5 Å². The summed E-state index contributed by atoms with van der Waals surface area (Å²) in [7, 11) is -2.49. The second-order valence-electron chi connectivity index (χ2n) is 6.68. The zero-order valence-electron chi connectivity index (χ0n) is 10.9. The maximum atomic E-state index is 11.7. The van der Waals surface area contributed by atoms with E-state index >= 15 is 0 Å². The number of thiol groups is 1. The van der Waals surface area contributed by atoms with Crippen LogP contribution in [0.5, 0.6) is 0 Å². The third-order valence-electron chi connectivity index (χ3n) is 4.27. The summed E-state index contributed by atoms with van der Waals surface area (Å²) in [5.41, 5.74) is 0. The van der Waals surface area contributed by atoms with Crippen molar-refractivity contribution in [3.8, 4) is 0 Å². The van der Waals surface area contributed by atoms with Crippen LogP contribution in [-0.4, -0.2) is 50.8 Å². The lowest BCUT2D eigenvalue weighted by molar-refractivity contribution is -0.155. The maximum Gasteiger partial charge on any atom is 0.327 e. The molecule has 1 rings (SSSR count). The summed E-state index contributed by atoms with van der Waals surface area (Å²) in [5, 5.41) is 9.09. The van der Waals surface area contributed by atoms with Gasteiger partial charge in [-0.1, -0.05) is 20.8 Å². The molecule has 1 N–H and O–H groups in total. The summed E-state index contributed by atoms with van der Waals surface area (Å²) in [4.78, 5) is 22.8. The van der Waals surface area contributed by atoms with E-state index in [-0.39, 0.29) is 17.1 Å². The van der Waals surface area contributed by atoms with Crippen LogP contribution in [-0.2, 0) is 9.59 Å². The highest BCUT2D eigenvalue weighted by Crippen LogP contribution is 2.74. The van der Waals surface area contributed by atoms with Crippen LogP contribution >= 0.6 is 9.35 Å². The molecule has 1 amide bonds. The molecule has 16 heavy (non-hydrogen) atoms. The molecular formula is C11H23NO3S. The second-order valence-corrected chi connectivity index (χ2v) is 13.9. The van der Waals surface area contributed by atoms with Crippen molar-refractivity contribution >= 4 is 21.2 Å². The molecule has 1 fully saturated rings. The number of amides is 1. The number of carbonyl (C=O) groups excluding carboxylic acids is 1. The van der Waals surface area contributed by atoms with Crippen LogP contribution in [0.25, 0.3) is 0 Å². The van der Waals surface area contributed by atoms with Gasteiger partial charge in [-0.15, -0.1) is 0 Å². The lowest BCUT2D eigenvalue weighted by atomic mass is 10.1. The molecule has 1 aliphatic rings. The minimum atomic E-state index is -2.49. The Morgan fingerprint density at radius 3 is 2.06 bits per heavy atom. The maximum absolute atomic E-state index is 11.7. The number of rotatable bonds is 2. The number of carboxylic acids is 1. The van der Waals surface area contributed by atoms with Gasteiger partial charge in [0.15, 0.2) is 0 Å². The third-order valence-corrected chi connectivity index (χ3v) is 10.9. The van der Waals surface area contributed by atoms with E-state index in [4.69, 9.17) is 5.11 Å². The Labute approximate surface area is 97.4 Å². The average Bonchev–Trinajstić information content (AvgIpc) is 1.94. The van der Waals surface area contributed by atoms with Gasteiger partial charge in [-0.25, -0.2) is 14.1 Å². The molecule has 0 radical (unpaired) electrons. The van der Waals surface area contributed by atoms with Gasteiger partial charge in [0.05, 0.1) is 6.42 Å². The van der Waals surface area contributed by atoms with Gasteiger partial charge in [0.25, 0.3) is 0 Å². The topological polar surface area (TPSA) is 57.6 Å². The molecule has 0 saturated carbocycles. The summed E-state index contributed by atoms with van der Waals surface area (Å²) in [6, 6.07) is -0.621. The Hall–Kier alpha value is -0.710. The monoisotopic (exact) mass is 249 g/mol. The number of hydrogen-bond acceptors (Lipinski definition) is 2. The molecule has 0 aliphatic carbocycles. The van der Waals surface area contributed by atoms with Gasteiger partial charge in [0, 0.05) is 0 Å². The van der Waals surface area contributed by atoms with Crippen LogP contribution in [0, 0.1) is 0 Å². The molecule has 0 aromatic rings. The average molecular weight is 249 g/mol. The lowest BCUT2D eigenvalue weighted by Gasteiger charge is -2.72. The molecule has 0 aromatic heterocycles. The van der Waals surface area contributed by atoms with Crippen LogP contribution in [0.4, 0.5) is 0 Å². The van der Waals surface area contributed by atoms with Gasteiger partial charge in [-0.05, 0) is 23.5 Å². The SMILES string of the molecule is CC(C)(C)[SH](C)(C)(C)N1C(=O)CC1C(=O)O. The Kier molecular flexibility index (Phi) is 2.63. The highest BCUT2D eigenvalue weighted by Gasteiger charge is 2.55. The summed E-state index contributed by atoms with van der Waals surface area (Å²) in [5.74, 6) is -0.907. The lowest BCUT2D eigenvalue weighted by Crippen LogP contribution is -2.64. The van der Waals surface area contributed by atoms with E-state index in [1.54, 1.807) is 4.31 Å². The van der Waals surface area contributed by atoms with E-state index in [1.165, 1.54) is 0 Å². The Balaban J connectivity index is 3.17. The summed E-state index contributed by atoms with van der Waals surface area (Å²) in [6.45, 7) is 6.24. The third kappa shape index (κ3) is 1.61. The normalized spacial score (nSPS) is 24.6. The molecule has 1 heterocycles. The molecule has 1 saturated heterocycles. The number of carbonyl (C=O) groups is 2. The Bertz CT molecular complexity index is 348. The van der Waals surface area contributed by atoms with Crippen molar-refractivity contribution in [2.45, 2.75) is 38.0 Å². The molecular weight excluding hydrogens is 226 g/mol. The van der Waals surface area contributed by atoms with E-state index < -0.39 is 21.4 Å². The Morgan fingerprint density at radius 2 is 1.81 bits per heavy atom. The van der Waals surface area contributed by atoms with E-state index in [0.717, 1.165) is 0 Å². The van der Waals surface area contributed by atoms with Crippen LogP contribution < -0.4 is 0 Å². The summed E-state index contributed by atoms with van der Waals surface area (Å²) < 4.78 is 1.57. The first-order valence-electron chi connectivity index (χ1n) is 5.43. The number of aliphatic carboxylic acids is 1. The van der Waals surface area contributed by atoms with Crippen molar-refractivity contribution in [1.29, 1.82) is 0 Å². The van der Waals surface area contributed by atoms with Crippen molar-refractivity contribution in [2.24, 2.45) is 0 Å². The first-order chi connectivity index (χ1) is 6.87. The quantitative estimate of drug-likeness (QED) is 0.574. The van der Waals surface area contributed by atoms with Crippen molar-refractivity contribution in [2.75, 3.05) is 18.8 Å². The fourth-order valence-corrected chi connectivity index (χ4v) is 4.47. The van der Waals surface area contributed by atoms with Gasteiger partial charge in [0.1, 0.15) is 6.04 Å². The van der Waals surface area contributed by atoms with Gasteiger partial charge in [-0.3, -0.25) is 4.79 Å². The molecule has 1 atom stereocenters. The summed E-state index contributed by atoms with van der Waals surface area (Å²) in [6.07, 6.45) is 6.36. The van der Waals surface area contributed by atoms with Gasteiger partial charge in [0.2, 0.25) is 5.91 Å². The van der Waals surface area contributed by atoms with Crippen molar-refractivity contribution < 1.29 is 14.7 Å². The fourth-order valence-electron chi connectivity index (χ4n) is 1.80. The highest BCUT2D eigenvalue weighted by atomic mass is 32.3. The minimum Gasteiger partial charge on any atom is -0.480 e. The van der Waals surface area contributed by atoms with Crippen molar-refractivity contribution in [1.82, 2.24) is 4.31 Å². The van der Waals surface area contributed by atoms with Crippen molar-refractivity contribution in [3.63, 3.8) is 0 Å². The molecule has 96 valence electrons. The first kappa shape index (κ1) is 13.4. The second kappa shape index (κ2) is 3.15. The Morgan fingerprint density at radius 1 is 1.38 bits per heavy atom. The first-order valence-corrected chi connectivity index (χ1v) is 8.96. The number of β-lactam (4-membered cyclic amide) rings is 1. The smallest absolute Gasteiger partial charge is 0.327 e. The predicted molar refractivity (Wildman–Crippen MR) is 69.4 cm³/mol. The van der Waals surface area contributed by atoms with Gasteiger partial charge in [-0.2, -0.15) is 0 Å². The fraction of sp³-hybridized carbons (Fsp3) is 0.818. The molecule has 0 aromatic carbocycles.